The van der Waals surface area contributed by atoms with Gasteiger partial charge in [0.1, 0.15) is 0 Å². The van der Waals surface area contributed by atoms with E-state index in [-0.39, 0.29) is 11.9 Å². The molecule has 0 radical (unpaired) electrons. The van der Waals surface area contributed by atoms with Crippen LogP contribution >= 0.6 is 11.6 Å². The predicted octanol–water partition coefficient (Wildman–Crippen LogP) is 4.58. The van der Waals surface area contributed by atoms with E-state index < -0.39 is 0 Å². The highest BCUT2D eigenvalue weighted by atomic mass is 35.5. The molecule has 0 aliphatic heterocycles. The van der Waals surface area contributed by atoms with E-state index in [1.807, 2.05) is 31.2 Å². The van der Waals surface area contributed by atoms with Gasteiger partial charge in [0, 0.05) is 16.1 Å². The number of hydrogen-bond acceptors (Lipinski definition) is 4. The molecule has 1 amide bonds. The maximum Gasteiger partial charge on any atom is 0.257 e. The lowest BCUT2D eigenvalue weighted by atomic mass is 10.0. The van der Waals surface area contributed by atoms with E-state index in [4.69, 9.17) is 16.1 Å². The third-order valence-electron chi connectivity index (χ3n) is 3.91. The van der Waals surface area contributed by atoms with E-state index in [1.54, 1.807) is 31.2 Å². The molecule has 0 fully saturated rings. The Morgan fingerprint density at radius 3 is 2.40 bits per heavy atom. The van der Waals surface area contributed by atoms with Gasteiger partial charge in [-0.2, -0.15) is 4.98 Å². The molecule has 0 aliphatic rings. The molecule has 128 valence electrons. The summed E-state index contributed by atoms with van der Waals surface area (Å²) in [6, 6.07) is 14.5. The van der Waals surface area contributed by atoms with Gasteiger partial charge in [0.15, 0.2) is 5.82 Å². The van der Waals surface area contributed by atoms with Crippen LogP contribution in [0.25, 0.3) is 11.5 Å². The first-order valence-electron chi connectivity index (χ1n) is 8.04. The molecule has 0 aliphatic carbocycles. The number of amides is 1. The van der Waals surface area contributed by atoms with Crippen LogP contribution in [-0.2, 0) is 0 Å². The lowest BCUT2D eigenvalue weighted by Gasteiger charge is -2.17. The van der Waals surface area contributed by atoms with Crippen LogP contribution in [0.5, 0.6) is 0 Å². The predicted molar refractivity (Wildman–Crippen MR) is 96.4 cm³/mol. The molecular weight excluding hydrogens is 338 g/mol. The SMILES string of the molecule is CCC(NC(=O)c1ccc(-c2nc(C)no2)cc1)c1ccc(Cl)cc1. The Bertz CT molecular complexity index is 857. The maximum absolute atomic E-state index is 12.5. The van der Waals surface area contributed by atoms with Crippen molar-refractivity contribution >= 4 is 17.5 Å². The fraction of sp³-hybridized carbons (Fsp3) is 0.211. The van der Waals surface area contributed by atoms with Crippen molar-refractivity contribution < 1.29 is 9.32 Å². The Kier molecular flexibility index (Phi) is 5.14. The Morgan fingerprint density at radius 2 is 1.84 bits per heavy atom. The average molecular weight is 356 g/mol. The zero-order chi connectivity index (χ0) is 17.8. The van der Waals surface area contributed by atoms with E-state index in [0.29, 0.717) is 22.3 Å². The van der Waals surface area contributed by atoms with Crippen molar-refractivity contribution in [3.8, 4) is 11.5 Å². The zero-order valence-corrected chi connectivity index (χ0v) is 14.7. The number of carbonyl (C=O) groups excluding carboxylic acids is 1. The highest BCUT2D eigenvalue weighted by Crippen LogP contribution is 2.21. The second kappa shape index (κ2) is 7.49. The van der Waals surface area contributed by atoms with Crippen LogP contribution in [0.2, 0.25) is 5.02 Å². The molecule has 1 N–H and O–H groups in total. The van der Waals surface area contributed by atoms with E-state index in [1.165, 1.54) is 0 Å². The smallest absolute Gasteiger partial charge is 0.257 e. The van der Waals surface area contributed by atoms with E-state index >= 15 is 0 Å². The van der Waals surface area contributed by atoms with Gasteiger partial charge < -0.3 is 9.84 Å². The number of rotatable bonds is 5. The number of nitrogens with one attached hydrogen (secondary N) is 1. The molecular formula is C19H18ClN3O2. The first kappa shape index (κ1) is 17.2. The standard InChI is InChI=1S/C19H18ClN3O2/c1-3-17(13-8-10-16(20)11-9-13)22-18(24)14-4-6-15(7-5-14)19-21-12(2)23-25-19/h4-11,17H,3H2,1-2H3,(H,22,24). The van der Waals surface area contributed by atoms with Gasteiger partial charge in [0.2, 0.25) is 0 Å². The Morgan fingerprint density at radius 1 is 1.16 bits per heavy atom. The van der Waals surface area contributed by atoms with E-state index in [2.05, 4.69) is 15.5 Å². The van der Waals surface area contributed by atoms with Crippen LogP contribution in [0.1, 0.15) is 41.1 Å². The van der Waals surface area contributed by atoms with Gasteiger partial charge in [-0.3, -0.25) is 4.79 Å². The van der Waals surface area contributed by atoms with Gasteiger partial charge in [-0.15, -0.1) is 0 Å². The van der Waals surface area contributed by atoms with Crippen LogP contribution in [-0.4, -0.2) is 16.0 Å². The topological polar surface area (TPSA) is 68.0 Å². The maximum atomic E-state index is 12.5. The number of aromatic nitrogens is 2. The molecule has 5 nitrogen and oxygen atoms in total. The summed E-state index contributed by atoms with van der Waals surface area (Å²) in [6.07, 6.45) is 0.784. The summed E-state index contributed by atoms with van der Waals surface area (Å²) in [5.74, 6) is 0.887. The van der Waals surface area contributed by atoms with Crippen molar-refractivity contribution in [3.05, 3.63) is 70.5 Å². The molecule has 0 saturated heterocycles. The summed E-state index contributed by atoms with van der Waals surface area (Å²) in [5, 5.41) is 7.49. The minimum atomic E-state index is -0.130. The van der Waals surface area contributed by atoms with Gasteiger partial charge >= 0.3 is 0 Å². The van der Waals surface area contributed by atoms with Gasteiger partial charge in [0.05, 0.1) is 6.04 Å². The van der Waals surface area contributed by atoms with Gasteiger partial charge in [-0.1, -0.05) is 35.8 Å². The van der Waals surface area contributed by atoms with Crippen LogP contribution in [0.15, 0.2) is 53.1 Å². The number of hydrogen-bond donors (Lipinski definition) is 1. The molecule has 6 heteroatoms. The van der Waals surface area contributed by atoms with Crippen molar-refractivity contribution in [2.75, 3.05) is 0 Å². The zero-order valence-electron chi connectivity index (χ0n) is 14.0. The van der Waals surface area contributed by atoms with Gasteiger partial charge in [0.25, 0.3) is 11.8 Å². The van der Waals surface area contributed by atoms with Gasteiger partial charge in [-0.05, 0) is 55.3 Å². The van der Waals surface area contributed by atoms with E-state index in [0.717, 1.165) is 17.5 Å². The molecule has 1 atom stereocenters. The van der Waals surface area contributed by atoms with Crippen molar-refractivity contribution in [2.45, 2.75) is 26.3 Å². The van der Waals surface area contributed by atoms with Crippen LogP contribution in [0.3, 0.4) is 0 Å². The highest BCUT2D eigenvalue weighted by Gasteiger charge is 2.15. The summed E-state index contributed by atoms with van der Waals surface area (Å²) in [5.41, 5.74) is 2.38. The molecule has 1 aromatic heterocycles. The van der Waals surface area contributed by atoms with Crippen molar-refractivity contribution in [1.82, 2.24) is 15.5 Å². The van der Waals surface area contributed by atoms with E-state index in [9.17, 15) is 4.79 Å². The lowest BCUT2D eigenvalue weighted by molar-refractivity contribution is 0.0935. The summed E-state index contributed by atoms with van der Waals surface area (Å²) < 4.78 is 5.13. The first-order chi connectivity index (χ1) is 12.1. The molecule has 0 spiro atoms. The number of benzene rings is 2. The minimum Gasteiger partial charge on any atom is -0.345 e. The largest absolute Gasteiger partial charge is 0.345 e. The molecule has 1 heterocycles. The summed E-state index contributed by atoms with van der Waals surface area (Å²) >= 11 is 5.92. The first-order valence-corrected chi connectivity index (χ1v) is 8.41. The molecule has 3 rings (SSSR count). The fourth-order valence-electron chi connectivity index (χ4n) is 2.54. The summed E-state index contributed by atoms with van der Waals surface area (Å²) in [7, 11) is 0. The molecule has 1 unspecified atom stereocenters. The number of halogens is 1. The molecule has 2 aromatic carbocycles. The molecule has 0 saturated carbocycles. The van der Waals surface area contributed by atoms with Gasteiger partial charge in [-0.25, -0.2) is 0 Å². The van der Waals surface area contributed by atoms with Crippen LogP contribution in [0, 0.1) is 6.92 Å². The molecule has 25 heavy (non-hydrogen) atoms. The number of nitrogens with zero attached hydrogens (tertiary/aromatic N) is 2. The van der Waals surface area contributed by atoms with Crippen molar-refractivity contribution in [2.24, 2.45) is 0 Å². The summed E-state index contributed by atoms with van der Waals surface area (Å²) in [6.45, 7) is 3.79. The number of aryl methyl sites for hydroxylation is 1. The molecule has 0 bridgehead atoms. The second-order valence-corrected chi connectivity index (χ2v) is 6.15. The third-order valence-corrected chi connectivity index (χ3v) is 4.16. The van der Waals surface area contributed by atoms with Crippen molar-refractivity contribution in [1.29, 1.82) is 0 Å². The monoisotopic (exact) mass is 355 g/mol. The Labute approximate surface area is 151 Å². The van der Waals surface area contributed by atoms with Crippen LogP contribution < -0.4 is 5.32 Å². The average Bonchev–Trinajstić information content (AvgIpc) is 3.07. The second-order valence-electron chi connectivity index (χ2n) is 5.71. The Balaban J connectivity index is 1.72. The number of carbonyl (C=O) groups is 1. The lowest BCUT2D eigenvalue weighted by Crippen LogP contribution is -2.28. The van der Waals surface area contributed by atoms with Crippen LogP contribution in [0.4, 0.5) is 0 Å². The summed E-state index contributed by atoms with van der Waals surface area (Å²) in [4.78, 5) is 16.7. The quantitative estimate of drug-likeness (QED) is 0.727. The minimum absolute atomic E-state index is 0.0666. The third kappa shape index (κ3) is 4.06. The normalized spacial score (nSPS) is 12.0. The molecule has 3 aromatic rings. The fourth-order valence-corrected chi connectivity index (χ4v) is 2.66. The Hall–Kier alpha value is -2.66. The van der Waals surface area contributed by atoms with Crippen molar-refractivity contribution in [3.63, 3.8) is 0 Å². The highest BCUT2D eigenvalue weighted by molar-refractivity contribution is 6.30.